The van der Waals surface area contributed by atoms with Crippen molar-refractivity contribution in [2.45, 2.75) is 58.9 Å². The third kappa shape index (κ3) is 28.7. The predicted molar refractivity (Wildman–Crippen MR) is 129 cm³/mol. The minimum absolute atomic E-state index is 0. The number of aliphatic hydroxyl groups is 2. The maximum atomic E-state index is 9.46. The molecule has 3 N–H and O–H groups in total. The fraction of sp³-hybridized carbons (Fsp3) is 1.00. The van der Waals surface area contributed by atoms with E-state index in [9.17, 15) is 5.11 Å². The Morgan fingerprint density at radius 3 is 1.56 bits per heavy atom. The summed E-state index contributed by atoms with van der Waals surface area (Å²) in [4.78, 5) is 1.25. The van der Waals surface area contributed by atoms with Gasteiger partial charge in [-0.2, -0.15) is 0 Å². The maximum absolute atomic E-state index is 9.46. The first-order valence-corrected chi connectivity index (χ1v) is 16.0. The standard InChI is InChI=1S/C8H21NO2Si.C5H12NO.C4H12OSi.CH4.H4Si/c1-9(2)6-8(10)7-11-12(3,4)5;1-6(2)3-5(7)4-6;1-5-6(2,3)4;;/h8,10H,6-7H2,1-5H3;5,7H,3-4H2,1-2H3;1-4H3;2*1H4/q;+1;;;/p+1. The molecule has 0 amide bonds. The molecule has 0 bridgehead atoms. The summed E-state index contributed by atoms with van der Waals surface area (Å²) in [5, 5.41) is 18.2. The highest BCUT2D eigenvalue weighted by Gasteiger charge is 2.34. The van der Waals surface area contributed by atoms with E-state index in [1.54, 1.807) is 7.11 Å². The van der Waals surface area contributed by atoms with Crippen LogP contribution in [0.3, 0.4) is 0 Å². The van der Waals surface area contributed by atoms with E-state index in [-0.39, 0.29) is 30.6 Å². The van der Waals surface area contributed by atoms with Gasteiger partial charge in [-0.25, -0.2) is 0 Å². The zero-order valence-electron chi connectivity index (χ0n) is 18.6. The van der Waals surface area contributed by atoms with Crippen LogP contribution in [-0.2, 0) is 8.85 Å². The second-order valence-corrected chi connectivity index (χ2v) is 18.9. The van der Waals surface area contributed by atoms with Crippen molar-refractivity contribution >= 4 is 27.6 Å². The summed E-state index contributed by atoms with van der Waals surface area (Å²) in [6.45, 7) is 16.0. The topological polar surface area (TPSA) is 63.4 Å². The van der Waals surface area contributed by atoms with Gasteiger partial charge in [0.25, 0.3) is 0 Å². The Kier molecular flexibility index (Phi) is 19.7. The Bertz CT molecular complexity index is 338. The summed E-state index contributed by atoms with van der Waals surface area (Å²) in [5.41, 5.74) is 0. The predicted octanol–water partition coefficient (Wildman–Crippen LogP) is -0.567. The van der Waals surface area contributed by atoms with Crippen molar-refractivity contribution in [3.63, 3.8) is 0 Å². The Hall–Kier alpha value is 0.411. The van der Waals surface area contributed by atoms with Gasteiger partial charge in [0.2, 0.25) is 0 Å². The molecule has 0 aromatic rings. The summed E-state index contributed by atoms with van der Waals surface area (Å²) < 4.78 is 11.6. The molecule has 0 radical (unpaired) electrons. The second-order valence-electron chi connectivity index (χ2n) is 9.76. The molecule has 1 atom stereocenters. The molecule has 0 spiro atoms. The number of quaternary nitrogens is 2. The summed E-state index contributed by atoms with van der Waals surface area (Å²) >= 11 is 0. The van der Waals surface area contributed by atoms with Crippen molar-refractivity contribution < 1.29 is 28.4 Å². The van der Waals surface area contributed by atoms with E-state index in [2.05, 4.69) is 53.4 Å². The minimum atomic E-state index is -1.44. The number of likely N-dealkylation sites (N-methyl/N-ethyl adjacent to an activating group) is 2. The molecule has 6 nitrogen and oxygen atoms in total. The zero-order valence-corrected chi connectivity index (χ0v) is 20.6. The molecule has 0 aromatic heterocycles. The Labute approximate surface area is 176 Å². The molecule has 1 aliphatic heterocycles. The van der Waals surface area contributed by atoms with Crippen LogP contribution in [0.1, 0.15) is 7.43 Å². The number of nitrogens with one attached hydrogen (secondary N) is 1. The van der Waals surface area contributed by atoms with Crippen molar-refractivity contribution in [2.24, 2.45) is 0 Å². The summed E-state index contributed by atoms with van der Waals surface area (Å²) in [6, 6.07) is 0. The molecular weight excluding hydrogens is 392 g/mol. The smallest absolute Gasteiger partial charge is 0.183 e. The molecule has 1 rings (SSSR count). The number of aliphatic hydroxyl groups excluding tert-OH is 2. The van der Waals surface area contributed by atoms with Gasteiger partial charge in [-0.3, -0.25) is 0 Å². The third-order valence-electron chi connectivity index (χ3n) is 3.37. The quantitative estimate of drug-likeness (QED) is 0.378. The van der Waals surface area contributed by atoms with E-state index in [1.807, 2.05) is 14.1 Å². The molecule has 1 heterocycles. The van der Waals surface area contributed by atoms with Gasteiger partial charge in [0.05, 0.1) is 34.8 Å². The van der Waals surface area contributed by atoms with Crippen molar-refractivity contribution in [3.8, 4) is 0 Å². The Morgan fingerprint density at radius 2 is 1.41 bits per heavy atom. The lowest BCUT2D eigenvalue weighted by molar-refractivity contribution is -0.937. The SMILES string of the molecule is C.CO[Si](C)(C)C.C[N+]1(C)CC(O)C1.C[NH+](C)CC(O)CO[Si](C)(C)C.[SiH4]. The van der Waals surface area contributed by atoms with Gasteiger partial charge in [-0.05, 0) is 50.2 Å². The van der Waals surface area contributed by atoms with E-state index >= 15 is 0 Å². The van der Waals surface area contributed by atoms with Crippen molar-refractivity contribution in [1.82, 2.24) is 0 Å². The van der Waals surface area contributed by atoms with Crippen molar-refractivity contribution in [2.75, 3.05) is 61.5 Å². The largest absolute Gasteiger partial charge is 0.421 e. The first-order valence-electron chi connectivity index (χ1n) is 9.13. The van der Waals surface area contributed by atoms with Crippen LogP contribution in [0.2, 0.25) is 39.3 Å². The van der Waals surface area contributed by atoms with Gasteiger partial charge in [-0.15, -0.1) is 0 Å². The zero-order chi connectivity index (χ0) is 20.5. The normalized spacial score (nSPS) is 17.1. The van der Waals surface area contributed by atoms with Gasteiger partial charge < -0.3 is 28.4 Å². The molecule has 1 unspecified atom stereocenters. The van der Waals surface area contributed by atoms with Gasteiger partial charge in [0.15, 0.2) is 22.7 Å². The lowest BCUT2D eigenvalue weighted by Gasteiger charge is -2.41. The van der Waals surface area contributed by atoms with Crippen LogP contribution >= 0.6 is 0 Å². The number of nitrogens with zero attached hydrogens (tertiary/aromatic N) is 1. The van der Waals surface area contributed by atoms with Gasteiger partial charge >= 0.3 is 0 Å². The summed E-state index contributed by atoms with van der Waals surface area (Å²) in [5.74, 6) is 0. The number of rotatable bonds is 6. The van der Waals surface area contributed by atoms with Gasteiger partial charge in [0.1, 0.15) is 25.7 Å². The van der Waals surface area contributed by atoms with E-state index < -0.39 is 16.6 Å². The summed E-state index contributed by atoms with van der Waals surface area (Å²) in [7, 11) is 7.49. The van der Waals surface area contributed by atoms with Crippen LogP contribution in [-0.4, -0.2) is 116 Å². The Balaban J connectivity index is -0.000000152. The highest BCUT2D eigenvalue weighted by atomic mass is 28.4. The first kappa shape index (κ1) is 34.9. The van der Waals surface area contributed by atoms with Crippen LogP contribution in [0, 0.1) is 0 Å². The molecular formula is C18H54N2O4Si3+2. The van der Waals surface area contributed by atoms with Gasteiger partial charge in [0, 0.05) is 7.11 Å². The molecule has 170 valence electrons. The highest BCUT2D eigenvalue weighted by molar-refractivity contribution is 6.70. The third-order valence-corrected chi connectivity index (χ3v) is 5.63. The minimum Gasteiger partial charge on any atom is -0.421 e. The van der Waals surface area contributed by atoms with Crippen LogP contribution < -0.4 is 4.90 Å². The molecule has 1 aliphatic rings. The molecule has 0 aromatic carbocycles. The summed E-state index contributed by atoms with van der Waals surface area (Å²) in [6.07, 6.45) is -0.336. The van der Waals surface area contributed by atoms with Crippen LogP contribution in [0.4, 0.5) is 0 Å². The van der Waals surface area contributed by atoms with Gasteiger partial charge in [-0.1, -0.05) is 7.43 Å². The second kappa shape index (κ2) is 15.3. The van der Waals surface area contributed by atoms with Crippen LogP contribution in [0.15, 0.2) is 0 Å². The number of hydrogen-bond donors (Lipinski definition) is 3. The van der Waals surface area contributed by atoms with E-state index in [0.29, 0.717) is 6.61 Å². The number of likely N-dealkylation sites (tertiary alicyclic amines) is 1. The molecule has 9 heteroatoms. The van der Waals surface area contributed by atoms with Crippen LogP contribution in [0.5, 0.6) is 0 Å². The molecule has 0 aliphatic carbocycles. The molecule has 0 saturated carbocycles. The molecule has 1 saturated heterocycles. The average Bonchev–Trinajstić information content (AvgIpc) is 2.33. The molecule has 27 heavy (non-hydrogen) atoms. The Morgan fingerprint density at radius 1 is 1.04 bits per heavy atom. The number of hydrogen-bond acceptors (Lipinski definition) is 4. The van der Waals surface area contributed by atoms with Crippen LogP contribution in [0.25, 0.3) is 0 Å². The fourth-order valence-electron chi connectivity index (χ4n) is 1.96. The monoisotopic (exact) mass is 446 g/mol. The maximum Gasteiger partial charge on any atom is 0.183 e. The van der Waals surface area contributed by atoms with E-state index in [4.69, 9.17) is 14.0 Å². The lowest BCUT2D eigenvalue weighted by Crippen LogP contribution is -3.07. The fourth-order valence-corrected chi connectivity index (χ4v) is 2.66. The first-order chi connectivity index (χ1) is 11.0. The highest BCUT2D eigenvalue weighted by Crippen LogP contribution is 2.11. The van der Waals surface area contributed by atoms with Crippen molar-refractivity contribution in [3.05, 3.63) is 0 Å². The average molecular weight is 447 g/mol. The van der Waals surface area contributed by atoms with E-state index in [0.717, 1.165) is 24.1 Å². The van der Waals surface area contributed by atoms with Crippen molar-refractivity contribution in [1.29, 1.82) is 0 Å². The lowest BCUT2D eigenvalue weighted by atomic mass is 10.1. The van der Waals surface area contributed by atoms with E-state index in [1.165, 1.54) is 4.90 Å². The molecule has 1 fully saturated rings.